The van der Waals surface area contributed by atoms with E-state index in [0.29, 0.717) is 11.0 Å². The molecule has 1 aromatic carbocycles. The van der Waals surface area contributed by atoms with Crippen LogP contribution in [0.5, 0.6) is 0 Å². The van der Waals surface area contributed by atoms with Crippen LogP contribution < -0.4 is 4.90 Å². The van der Waals surface area contributed by atoms with Crippen LogP contribution in [0.2, 0.25) is 5.15 Å². The van der Waals surface area contributed by atoms with Crippen molar-refractivity contribution in [1.82, 2.24) is 9.97 Å². The summed E-state index contributed by atoms with van der Waals surface area (Å²) in [5.41, 5.74) is 2.41. The molecule has 18 heavy (non-hydrogen) atoms. The first-order chi connectivity index (χ1) is 8.60. The monoisotopic (exact) mass is 261 g/mol. The van der Waals surface area contributed by atoms with Gasteiger partial charge in [-0.25, -0.2) is 9.97 Å². The Bertz CT molecular complexity index is 517. The summed E-state index contributed by atoms with van der Waals surface area (Å²) in [7, 11) is 1.97. The van der Waals surface area contributed by atoms with Gasteiger partial charge >= 0.3 is 0 Å². The second-order valence-corrected chi connectivity index (χ2v) is 4.56. The molecular formula is C14H16ClN3. The van der Waals surface area contributed by atoms with Gasteiger partial charge < -0.3 is 4.90 Å². The second kappa shape index (κ2) is 5.36. The topological polar surface area (TPSA) is 29.0 Å². The molecule has 0 radical (unpaired) electrons. The third-order valence-electron chi connectivity index (χ3n) is 2.87. The molecule has 3 nitrogen and oxygen atoms in total. The molecule has 0 N–H and O–H groups in total. The fraction of sp³-hybridized carbons (Fsp3) is 0.286. The van der Waals surface area contributed by atoms with Gasteiger partial charge in [0.2, 0.25) is 0 Å². The number of nitrogens with zero attached hydrogens (tertiary/aromatic N) is 3. The Morgan fingerprint density at radius 3 is 2.39 bits per heavy atom. The van der Waals surface area contributed by atoms with Crippen LogP contribution >= 0.6 is 11.6 Å². The van der Waals surface area contributed by atoms with Crippen LogP contribution in [-0.2, 0) is 6.42 Å². The van der Waals surface area contributed by atoms with Crippen molar-refractivity contribution in [2.24, 2.45) is 0 Å². The minimum Gasteiger partial charge on any atom is -0.329 e. The quantitative estimate of drug-likeness (QED) is 0.788. The zero-order valence-corrected chi connectivity index (χ0v) is 11.6. The van der Waals surface area contributed by atoms with E-state index in [2.05, 4.69) is 41.2 Å². The number of aromatic nitrogens is 2. The van der Waals surface area contributed by atoms with E-state index in [4.69, 9.17) is 11.6 Å². The van der Waals surface area contributed by atoms with Gasteiger partial charge in [-0.1, -0.05) is 30.7 Å². The standard InChI is InChI=1S/C14H16ClN3/c1-4-11-5-7-12(8-6-11)18(3)14-9-13(15)16-10(2)17-14/h5-9H,4H2,1-3H3. The smallest absolute Gasteiger partial charge is 0.137 e. The fourth-order valence-electron chi connectivity index (χ4n) is 1.78. The molecule has 4 heteroatoms. The van der Waals surface area contributed by atoms with Crippen LogP contribution in [0.15, 0.2) is 30.3 Å². The number of hydrogen-bond donors (Lipinski definition) is 0. The van der Waals surface area contributed by atoms with E-state index >= 15 is 0 Å². The third kappa shape index (κ3) is 2.79. The number of anilines is 2. The van der Waals surface area contributed by atoms with E-state index in [-0.39, 0.29) is 0 Å². The maximum absolute atomic E-state index is 5.95. The van der Waals surface area contributed by atoms with Gasteiger partial charge in [0.1, 0.15) is 16.8 Å². The maximum atomic E-state index is 5.95. The molecule has 0 bridgehead atoms. The maximum Gasteiger partial charge on any atom is 0.137 e. The van der Waals surface area contributed by atoms with Crippen LogP contribution in [0.25, 0.3) is 0 Å². The Morgan fingerprint density at radius 1 is 1.17 bits per heavy atom. The van der Waals surface area contributed by atoms with Crippen molar-refractivity contribution < 1.29 is 0 Å². The molecule has 2 aromatic rings. The van der Waals surface area contributed by atoms with Gasteiger partial charge in [-0.15, -0.1) is 0 Å². The predicted octanol–water partition coefficient (Wildman–Crippen LogP) is 3.77. The Kier molecular flexibility index (Phi) is 3.82. The summed E-state index contributed by atoms with van der Waals surface area (Å²) >= 11 is 5.95. The zero-order chi connectivity index (χ0) is 13.1. The average Bonchev–Trinajstić information content (AvgIpc) is 2.37. The molecule has 1 aromatic heterocycles. The summed E-state index contributed by atoms with van der Waals surface area (Å²) in [5.74, 6) is 1.48. The first-order valence-corrected chi connectivity index (χ1v) is 6.32. The Balaban J connectivity index is 2.31. The van der Waals surface area contributed by atoms with Gasteiger partial charge in [-0.2, -0.15) is 0 Å². The van der Waals surface area contributed by atoms with E-state index in [1.54, 1.807) is 6.07 Å². The van der Waals surface area contributed by atoms with Crippen LogP contribution in [0, 0.1) is 6.92 Å². The lowest BCUT2D eigenvalue weighted by atomic mass is 10.1. The first kappa shape index (κ1) is 12.8. The lowest BCUT2D eigenvalue weighted by Crippen LogP contribution is -2.12. The SMILES string of the molecule is CCc1ccc(N(C)c2cc(Cl)nc(C)n2)cc1. The lowest BCUT2D eigenvalue weighted by molar-refractivity contribution is 1.01. The van der Waals surface area contributed by atoms with E-state index in [1.165, 1.54) is 5.56 Å². The van der Waals surface area contributed by atoms with Crippen molar-refractivity contribution in [3.8, 4) is 0 Å². The number of halogens is 1. The predicted molar refractivity (Wildman–Crippen MR) is 75.7 cm³/mol. The van der Waals surface area contributed by atoms with Gasteiger partial charge in [-0.05, 0) is 31.0 Å². The number of hydrogen-bond acceptors (Lipinski definition) is 3. The van der Waals surface area contributed by atoms with E-state index in [9.17, 15) is 0 Å². The molecule has 0 aliphatic heterocycles. The lowest BCUT2D eigenvalue weighted by Gasteiger charge is -2.19. The summed E-state index contributed by atoms with van der Waals surface area (Å²) in [4.78, 5) is 10.4. The minimum absolute atomic E-state index is 0.467. The third-order valence-corrected chi connectivity index (χ3v) is 3.06. The first-order valence-electron chi connectivity index (χ1n) is 5.94. The van der Waals surface area contributed by atoms with Crippen molar-refractivity contribution in [2.75, 3.05) is 11.9 Å². The second-order valence-electron chi connectivity index (χ2n) is 4.18. The van der Waals surface area contributed by atoms with Crippen molar-refractivity contribution in [2.45, 2.75) is 20.3 Å². The molecule has 0 atom stereocenters. The Labute approximate surface area is 112 Å². The highest BCUT2D eigenvalue weighted by molar-refractivity contribution is 6.29. The molecule has 0 aliphatic carbocycles. The molecular weight excluding hydrogens is 246 g/mol. The molecule has 0 saturated heterocycles. The van der Waals surface area contributed by atoms with Crippen LogP contribution in [-0.4, -0.2) is 17.0 Å². The Morgan fingerprint density at radius 2 is 1.83 bits per heavy atom. The number of benzene rings is 1. The molecule has 0 aliphatic rings. The summed E-state index contributed by atoms with van der Waals surface area (Å²) in [6.45, 7) is 3.98. The van der Waals surface area contributed by atoms with Gasteiger partial charge in [0, 0.05) is 18.8 Å². The minimum atomic E-state index is 0.467. The molecule has 0 fully saturated rings. The van der Waals surface area contributed by atoms with E-state index in [0.717, 1.165) is 17.9 Å². The molecule has 0 unspecified atom stereocenters. The normalized spacial score (nSPS) is 10.4. The molecule has 1 heterocycles. The van der Waals surface area contributed by atoms with Crippen LogP contribution in [0.3, 0.4) is 0 Å². The summed E-state index contributed by atoms with van der Waals surface area (Å²) in [6.07, 6.45) is 1.04. The van der Waals surface area contributed by atoms with Crippen LogP contribution in [0.4, 0.5) is 11.5 Å². The number of aryl methyl sites for hydroxylation is 2. The van der Waals surface area contributed by atoms with Gasteiger partial charge in [0.15, 0.2) is 0 Å². The van der Waals surface area contributed by atoms with Gasteiger partial charge in [0.05, 0.1) is 0 Å². The zero-order valence-electron chi connectivity index (χ0n) is 10.8. The summed E-state index contributed by atoms with van der Waals surface area (Å²) < 4.78 is 0. The molecule has 94 valence electrons. The molecule has 0 amide bonds. The average molecular weight is 262 g/mol. The molecule has 0 saturated carbocycles. The highest BCUT2D eigenvalue weighted by Gasteiger charge is 2.07. The van der Waals surface area contributed by atoms with E-state index in [1.807, 2.05) is 18.9 Å². The van der Waals surface area contributed by atoms with Gasteiger partial charge in [-0.3, -0.25) is 0 Å². The summed E-state index contributed by atoms with van der Waals surface area (Å²) in [6, 6.07) is 10.2. The van der Waals surface area contributed by atoms with Crippen molar-refractivity contribution in [3.63, 3.8) is 0 Å². The fourth-order valence-corrected chi connectivity index (χ4v) is 2.00. The van der Waals surface area contributed by atoms with Crippen molar-refractivity contribution in [3.05, 3.63) is 46.9 Å². The van der Waals surface area contributed by atoms with Gasteiger partial charge in [0.25, 0.3) is 0 Å². The molecule has 0 spiro atoms. The molecule has 2 rings (SSSR count). The Hall–Kier alpha value is -1.61. The summed E-state index contributed by atoms with van der Waals surface area (Å²) in [5, 5.41) is 0.467. The largest absolute Gasteiger partial charge is 0.329 e. The number of rotatable bonds is 3. The highest BCUT2D eigenvalue weighted by atomic mass is 35.5. The van der Waals surface area contributed by atoms with Crippen molar-refractivity contribution >= 4 is 23.1 Å². The highest BCUT2D eigenvalue weighted by Crippen LogP contribution is 2.23. The van der Waals surface area contributed by atoms with Crippen molar-refractivity contribution in [1.29, 1.82) is 0 Å². The van der Waals surface area contributed by atoms with E-state index < -0.39 is 0 Å². The van der Waals surface area contributed by atoms with Crippen LogP contribution in [0.1, 0.15) is 18.3 Å².